The van der Waals surface area contributed by atoms with Crippen molar-refractivity contribution in [3.63, 3.8) is 0 Å². The van der Waals surface area contributed by atoms with Crippen LogP contribution in [-0.4, -0.2) is 67.7 Å². The van der Waals surface area contributed by atoms with Gasteiger partial charge in [-0.3, -0.25) is 9.69 Å². The van der Waals surface area contributed by atoms with Gasteiger partial charge in [0, 0.05) is 38.6 Å². The fraction of sp³-hybridized carbons (Fsp3) is 0.950. The topological polar surface area (TPSA) is 60.0 Å². The van der Waals surface area contributed by atoms with E-state index in [-0.39, 0.29) is 23.8 Å². The Bertz CT molecular complexity index is 486. The summed E-state index contributed by atoms with van der Waals surface area (Å²) in [6.07, 6.45) is 8.46. The minimum absolute atomic E-state index is 0.00899. The maximum atomic E-state index is 12.8. The molecule has 2 atom stereocenters. The van der Waals surface area contributed by atoms with E-state index in [4.69, 9.17) is 14.2 Å². The zero-order valence-corrected chi connectivity index (χ0v) is 16.1. The largest absolute Gasteiger partial charge is 0.381 e. The summed E-state index contributed by atoms with van der Waals surface area (Å²) in [6.45, 7) is 6.14. The number of hydrogen-bond donors (Lipinski definition) is 1. The second-order valence-corrected chi connectivity index (χ2v) is 8.63. The fourth-order valence-electron chi connectivity index (χ4n) is 5.04. The van der Waals surface area contributed by atoms with Crippen molar-refractivity contribution in [1.82, 2.24) is 10.2 Å². The molecule has 3 heterocycles. The summed E-state index contributed by atoms with van der Waals surface area (Å²) in [6, 6.07) is 0.519. The van der Waals surface area contributed by atoms with Gasteiger partial charge in [0.05, 0.1) is 12.6 Å². The molecule has 26 heavy (non-hydrogen) atoms. The van der Waals surface area contributed by atoms with Crippen LogP contribution in [0.5, 0.6) is 0 Å². The molecule has 0 unspecified atom stereocenters. The first-order chi connectivity index (χ1) is 12.7. The van der Waals surface area contributed by atoms with Crippen molar-refractivity contribution in [3.8, 4) is 0 Å². The summed E-state index contributed by atoms with van der Waals surface area (Å²) >= 11 is 0. The molecule has 0 aromatic carbocycles. The van der Waals surface area contributed by atoms with E-state index in [1.807, 2.05) is 0 Å². The number of likely N-dealkylation sites (tertiary alicyclic amines) is 1. The lowest BCUT2D eigenvalue weighted by Crippen LogP contribution is -2.50. The summed E-state index contributed by atoms with van der Waals surface area (Å²) in [5, 5.41) is 3.15. The number of amides is 1. The molecular formula is C20H34N2O4. The van der Waals surface area contributed by atoms with Gasteiger partial charge in [0.15, 0.2) is 5.79 Å². The van der Waals surface area contributed by atoms with Crippen molar-refractivity contribution in [2.24, 2.45) is 5.92 Å². The highest BCUT2D eigenvalue weighted by Gasteiger charge is 2.44. The lowest BCUT2D eigenvalue weighted by Gasteiger charge is -2.35. The molecule has 0 bridgehead atoms. The molecule has 4 rings (SSSR count). The third-order valence-corrected chi connectivity index (χ3v) is 6.71. The van der Waals surface area contributed by atoms with Crippen molar-refractivity contribution in [2.45, 2.75) is 82.3 Å². The number of carbonyl (C=O) groups is 1. The van der Waals surface area contributed by atoms with Crippen LogP contribution >= 0.6 is 0 Å². The Labute approximate surface area is 156 Å². The highest BCUT2D eigenvalue weighted by atomic mass is 16.7. The van der Waals surface area contributed by atoms with E-state index < -0.39 is 0 Å². The second-order valence-electron chi connectivity index (χ2n) is 8.63. The molecule has 3 aliphatic heterocycles. The van der Waals surface area contributed by atoms with Crippen LogP contribution in [-0.2, 0) is 19.0 Å². The molecule has 0 aromatic rings. The Kier molecular flexibility index (Phi) is 5.84. The molecule has 1 spiro atoms. The first-order valence-electron chi connectivity index (χ1n) is 10.6. The number of nitrogens with one attached hydrogen (secondary N) is 1. The van der Waals surface area contributed by atoms with Gasteiger partial charge in [-0.05, 0) is 51.0 Å². The van der Waals surface area contributed by atoms with Crippen LogP contribution in [0.1, 0.15) is 58.3 Å². The summed E-state index contributed by atoms with van der Waals surface area (Å²) in [7, 11) is 0. The molecule has 6 nitrogen and oxygen atoms in total. The number of carbonyl (C=O) groups excluding carboxylic acids is 1. The fourth-order valence-corrected chi connectivity index (χ4v) is 5.04. The minimum Gasteiger partial charge on any atom is -0.381 e. The quantitative estimate of drug-likeness (QED) is 0.825. The Balaban J connectivity index is 1.25. The van der Waals surface area contributed by atoms with Crippen LogP contribution in [0, 0.1) is 5.92 Å². The summed E-state index contributed by atoms with van der Waals surface area (Å²) in [4.78, 5) is 15.2. The molecule has 0 radical (unpaired) electrons. The molecule has 1 amide bonds. The van der Waals surface area contributed by atoms with E-state index in [1.165, 1.54) is 12.8 Å². The van der Waals surface area contributed by atoms with Crippen molar-refractivity contribution < 1.29 is 19.0 Å². The van der Waals surface area contributed by atoms with Crippen molar-refractivity contribution >= 4 is 5.91 Å². The van der Waals surface area contributed by atoms with Crippen molar-refractivity contribution in [3.05, 3.63) is 0 Å². The van der Waals surface area contributed by atoms with Crippen LogP contribution in [0.4, 0.5) is 0 Å². The molecule has 4 fully saturated rings. The molecule has 0 aromatic heterocycles. The van der Waals surface area contributed by atoms with E-state index >= 15 is 0 Å². The van der Waals surface area contributed by atoms with Crippen LogP contribution in [0.3, 0.4) is 0 Å². The Morgan fingerprint density at radius 2 is 1.92 bits per heavy atom. The third-order valence-electron chi connectivity index (χ3n) is 6.71. The van der Waals surface area contributed by atoms with Crippen LogP contribution < -0.4 is 5.32 Å². The number of nitrogens with zero attached hydrogens (tertiary/aromatic N) is 1. The average molecular weight is 367 g/mol. The molecule has 6 heteroatoms. The lowest BCUT2D eigenvalue weighted by atomic mass is 9.86. The lowest BCUT2D eigenvalue weighted by molar-refractivity contribution is -0.191. The number of ether oxygens (including phenoxy) is 3. The first-order valence-corrected chi connectivity index (χ1v) is 10.6. The summed E-state index contributed by atoms with van der Waals surface area (Å²) in [5.41, 5.74) is 0. The highest BCUT2D eigenvalue weighted by Crippen LogP contribution is 2.39. The zero-order chi connectivity index (χ0) is 18.0. The Morgan fingerprint density at radius 1 is 1.15 bits per heavy atom. The van der Waals surface area contributed by atoms with Gasteiger partial charge in [0.1, 0.15) is 6.10 Å². The van der Waals surface area contributed by atoms with Crippen LogP contribution in [0.25, 0.3) is 0 Å². The smallest absolute Gasteiger partial charge is 0.237 e. The molecule has 1 saturated carbocycles. The molecule has 4 aliphatic rings. The van der Waals surface area contributed by atoms with Gasteiger partial charge in [-0.1, -0.05) is 6.92 Å². The Morgan fingerprint density at radius 3 is 2.69 bits per heavy atom. The zero-order valence-electron chi connectivity index (χ0n) is 16.1. The maximum absolute atomic E-state index is 12.8. The van der Waals surface area contributed by atoms with E-state index in [2.05, 4.69) is 17.1 Å². The standard InChI is InChI=1S/C20H34N2O4/c1-15-4-8-20(9-5-15)25-14-17(26-20)13-21-19(23)18-3-2-10-22(18)16-6-11-24-12-7-16/h15-18H,2-14H2,1H3,(H,21,23)/t15?,17-,18-,20?/m0/s1. The van der Waals surface area contributed by atoms with E-state index in [1.54, 1.807) is 0 Å². The van der Waals surface area contributed by atoms with Crippen LogP contribution in [0.2, 0.25) is 0 Å². The average Bonchev–Trinajstić information content (AvgIpc) is 3.31. The third kappa shape index (κ3) is 4.08. The number of hydrogen-bond acceptors (Lipinski definition) is 5. The monoisotopic (exact) mass is 366 g/mol. The van der Waals surface area contributed by atoms with Gasteiger partial charge in [-0.2, -0.15) is 0 Å². The molecule has 1 N–H and O–H groups in total. The van der Waals surface area contributed by atoms with E-state index in [9.17, 15) is 4.79 Å². The van der Waals surface area contributed by atoms with Crippen molar-refractivity contribution in [1.29, 1.82) is 0 Å². The highest BCUT2D eigenvalue weighted by molar-refractivity contribution is 5.82. The van der Waals surface area contributed by atoms with Gasteiger partial charge < -0.3 is 19.5 Å². The maximum Gasteiger partial charge on any atom is 0.237 e. The normalized spacial score (nSPS) is 39.5. The summed E-state index contributed by atoms with van der Waals surface area (Å²) in [5.74, 6) is 0.560. The van der Waals surface area contributed by atoms with E-state index in [0.717, 1.165) is 64.2 Å². The second kappa shape index (κ2) is 8.13. The molecular weight excluding hydrogens is 332 g/mol. The minimum atomic E-state index is -0.372. The first kappa shape index (κ1) is 18.7. The molecule has 3 saturated heterocycles. The predicted molar refractivity (Wildman–Crippen MR) is 97.8 cm³/mol. The van der Waals surface area contributed by atoms with E-state index in [0.29, 0.717) is 19.2 Å². The van der Waals surface area contributed by atoms with Gasteiger partial charge in [-0.15, -0.1) is 0 Å². The molecule has 148 valence electrons. The van der Waals surface area contributed by atoms with Crippen LogP contribution in [0.15, 0.2) is 0 Å². The van der Waals surface area contributed by atoms with Crippen molar-refractivity contribution in [2.75, 3.05) is 32.9 Å². The van der Waals surface area contributed by atoms with Gasteiger partial charge >= 0.3 is 0 Å². The SMILES string of the molecule is CC1CCC2(CC1)OC[C@H](CNC(=O)[C@@H]1CCCN1C1CCOCC1)O2. The number of rotatable bonds is 4. The predicted octanol–water partition coefficient (Wildman–Crippen LogP) is 2.07. The molecule has 1 aliphatic carbocycles. The van der Waals surface area contributed by atoms with Gasteiger partial charge in [0.2, 0.25) is 5.91 Å². The summed E-state index contributed by atoms with van der Waals surface area (Å²) < 4.78 is 17.7. The van der Waals surface area contributed by atoms with Gasteiger partial charge in [0.25, 0.3) is 0 Å². The van der Waals surface area contributed by atoms with Gasteiger partial charge in [-0.25, -0.2) is 0 Å². The Hall–Kier alpha value is -0.690.